The van der Waals surface area contributed by atoms with Gasteiger partial charge in [0.1, 0.15) is 24.1 Å². The second-order valence-corrected chi connectivity index (χ2v) is 4.74. The van der Waals surface area contributed by atoms with Gasteiger partial charge in [-0.25, -0.2) is 9.37 Å². The zero-order chi connectivity index (χ0) is 15.7. The summed E-state index contributed by atoms with van der Waals surface area (Å²) in [4.78, 5) is 28.3. The Balaban J connectivity index is 1.82. The normalized spacial score (nSPS) is 10.8. The number of benzene rings is 1. The van der Waals surface area contributed by atoms with Crippen LogP contribution in [0.15, 0.2) is 41.6 Å². The third-order valence-electron chi connectivity index (χ3n) is 3.14. The lowest BCUT2D eigenvalue weighted by molar-refractivity contribution is -0.116. The fourth-order valence-corrected chi connectivity index (χ4v) is 2.10. The van der Waals surface area contributed by atoms with Crippen molar-refractivity contribution < 1.29 is 9.18 Å². The fourth-order valence-electron chi connectivity index (χ4n) is 2.10. The summed E-state index contributed by atoms with van der Waals surface area (Å²) < 4.78 is 15.7. The molecule has 0 saturated carbocycles. The van der Waals surface area contributed by atoms with Crippen molar-refractivity contribution in [3.8, 4) is 0 Å². The van der Waals surface area contributed by atoms with E-state index in [2.05, 4.69) is 15.4 Å². The molecular formula is C14H12FN5O2. The Morgan fingerprint density at radius 3 is 3.00 bits per heavy atom. The Morgan fingerprint density at radius 2 is 2.23 bits per heavy atom. The first-order valence-electron chi connectivity index (χ1n) is 6.47. The zero-order valence-corrected chi connectivity index (χ0v) is 11.7. The number of hydrogen-bond donors (Lipinski definition) is 1. The number of amides is 1. The molecule has 22 heavy (non-hydrogen) atoms. The minimum atomic E-state index is -0.451. The van der Waals surface area contributed by atoms with E-state index in [4.69, 9.17) is 0 Å². The second-order valence-electron chi connectivity index (χ2n) is 4.74. The van der Waals surface area contributed by atoms with Crippen LogP contribution in [0.2, 0.25) is 0 Å². The van der Waals surface area contributed by atoms with Crippen LogP contribution in [0.25, 0.3) is 11.0 Å². The Bertz CT molecular complexity index is 915. The van der Waals surface area contributed by atoms with E-state index in [1.54, 1.807) is 13.1 Å². The highest BCUT2D eigenvalue weighted by atomic mass is 19.1. The van der Waals surface area contributed by atoms with Crippen LogP contribution in [0.1, 0.15) is 0 Å². The first-order valence-corrected chi connectivity index (χ1v) is 6.47. The topological polar surface area (TPSA) is 81.8 Å². The maximum atomic E-state index is 13.1. The number of carbonyl (C=O) groups excluding carboxylic acids is 1. The maximum absolute atomic E-state index is 13.1. The van der Waals surface area contributed by atoms with E-state index in [0.717, 1.165) is 0 Å². The average Bonchev–Trinajstić information content (AvgIpc) is 2.84. The average molecular weight is 301 g/mol. The van der Waals surface area contributed by atoms with Crippen LogP contribution in [0.3, 0.4) is 0 Å². The summed E-state index contributed by atoms with van der Waals surface area (Å²) >= 11 is 0. The molecule has 7 nitrogen and oxygen atoms in total. The highest BCUT2D eigenvalue weighted by Crippen LogP contribution is 2.09. The van der Waals surface area contributed by atoms with E-state index in [-0.39, 0.29) is 12.1 Å². The van der Waals surface area contributed by atoms with E-state index in [1.165, 1.54) is 40.0 Å². The largest absolute Gasteiger partial charge is 0.324 e. The molecule has 0 aliphatic heterocycles. The number of anilines is 1. The molecule has 2 aromatic heterocycles. The summed E-state index contributed by atoms with van der Waals surface area (Å²) in [6, 6.07) is 5.52. The van der Waals surface area contributed by atoms with Crippen molar-refractivity contribution in [1.29, 1.82) is 0 Å². The maximum Gasteiger partial charge on any atom is 0.264 e. The molecule has 0 aliphatic rings. The molecule has 1 aromatic carbocycles. The van der Waals surface area contributed by atoms with Gasteiger partial charge in [-0.15, -0.1) is 0 Å². The smallest absolute Gasteiger partial charge is 0.264 e. The number of carbonyl (C=O) groups is 1. The van der Waals surface area contributed by atoms with Gasteiger partial charge < -0.3 is 5.32 Å². The molecule has 0 fully saturated rings. The number of halogens is 1. The Labute approximate surface area is 124 Å². The van der Waals surface area contributed by atoms with Gasteiger partial charge in [0.25, 0.3) is 5.56 Å². The van der Waals surface area contributed by atoms with E-state index >= 15 is 0 Å². The summed E-state index contributed by atoms with van der Waals surface area (Å²) in [5, 5.41) is 6.81. The molecule has 0 unspecified atom stereocenters. The van der Waals surface area contributed by atoms with Gasteiger partial charge in [0.15, 0.2) is 5.65 Å². The van der Waals surface area contributed by atoms with E-state index < -0.39 is 11.7 Å². The van der Waals surface area contributed by atoms with Crippen molar-refractivity contribution in [2.45, 2.75) is 6.54 Å². The molecule has 0 atom stereocenters. The predicted molar refractivity (Wildman–Crippen MR) is 77.8 cm³/mol. The molecule has 112 valence electrons. The standard InChI is InChI=1S/C14H12FN5O2/c1-19-13-11(6-17-19)14(22)20(8-16-13)7-12(21)18-10-4-2-3-9(15)5-10/h2-6,8H,7H2,1H3,(H,18,21). The minimum Gasteiger partial charge on any atom is -0.324 e. The SMILES string of the molecule is Cn1ncc2c(=O)n(CC(=O)Nc3cccc(F)c3)cnc21. The molecule has 0 radical (unpaired) electrons. The number of hydrogen-bond acceptors (Lipinski definition) is 4. The lowest BCUT2D eigenvalue weighted by Gasteiger charge is -2.07. The van der Waals surface area contributed by atoms with Crippen LogP contribution < -0.4 is 10.9 Å². The first kappa shape index (κ1) is 13.9. The molecule has 1 N–H and O–H groups in total. The summed E-state index contributed by atoms with van der Waals surface area (Å²) in [5.74, 6) is -0.897. The number of aromatic nitrogens is 4. The van der Waals surface area contributed by atoms with Gasteiger partial charge in [-0.3, -0.25) is 18.8 Å². The van der Waals surface area contributed by atoms with Crippen molar-refractivity contribution in [3.05, 3.63) is 53.0 Å². The zero-order valence-electron chi connectivity index (χ0n) is 11.7. The number of rotatable bonds is 3. The molecule has 3 rings (SSSR count). The quantitative estimate of drug-likeness (QED) is 0.779. The van der Waals surface area contributed by atoms with Crippen LogP contribution >= 0.6 is 0 Å². The fraction of sp³-hybridized carbons (Fsp3) is 0.143. The van der Waals surface area contributed by atoms with Crippen molar-refractivity contribution in [2.24, 2.45) is 7.05 Å². The summed E-state index contributed by atoms with van der Waals surface area (Å²) in [7, 11) is 1.68. The van der Waals surface area contributed by atoms with Crippen molar-refractivity contribution in [3.63, 3.8) is 0 Å². The third-order valence-corrected chi connectivity index (χ3v) is 3.14. The predicted octanol–water partition coefficient (Wildman–Crippen LogP) is 0.908. The lowest BCUT2D eigenvalue weighted by Crippen LogP contribution is -2.27. The van der Waals surface area contributed by atoms with Crippen LogP contribution in [0.5, 0.6) is 0 Å². The minimum absolute atomic E-state index is 0.215. The Hall–Kier alpha value is -3.03. The van der Waals surface area contributed by atoms with Crippen LogP contribution in [-0.2, 0) is 18.4 Å². The van der Waals surface area contributed by atoms with Crippen LogP contribution in [0, 0.1) is 5.82 Å². The van der Waals surface area contributed by atoms with Crippen LogP contribution in [-0.4, -0.2) is 25.2 Å². The van der Waals surface area contributed by atoms with Gasteiger partial charge in [0, 0.05) is 12.7 Å². The molecule has 0 aliphatic carbocycles. The number of fused-ring (bicyclic) bond motifs is 1. The van der Waals surface area contributed by atoms with Crippen molar-refractivity contribution >= 4 is 22.6 Å². The van der Waals surface area contributed by atoms with Crippen LogP contribution in [0.4, 0.5) is 10.1 Å². The molecule has 1 amide bonds. The summed E-state index contributed by atoms with van der Waals surface area (Å²) in [6.07, 6.45) is 2.70. The molecule has 2 heterocycles. The molecule has 0 spiro atoms. The molecular weight excluding hydrogens is 289 g/mol. The van der Waals surface area contributed by atoms with Crippen molar-refractivity contribution in [1.82, 2.24) is 19.3 Å². The first-order chi connectivity index (χ1) is 10.5. The summed E-state index contributed by atoms with van der Waals surface area (Å²) in [6.45, 7) is -0.215. The highest BCUT2D eigenvalue weighted by Gasteiger charge is 2.11. The van der Waals surface area contributed by atoms with Gasteiger partial charge in [-0.2, -0.15) is 5.10 Å². The van der Waals surface area contributed by atoms with Gasteiger partial charge in [-0.05, 0) is 18.2 Å². The van der Waals surface area contributed by atoms with Crippen molar-refractivity contribution in [2.75, 3.05) is 5.32 Å². The van der Waals surface area contributed by atoms with Gasteiger partial charge in [0.2, 0.25) is 5.91 Å². The van der Waals surface area contributed by atoms with Gasteiger partial charge in [0.05, 0.1) is 6.20 Å². The summed E-state index contributed by atoms with van der Waals surface area (Å²) in [5.41, 5.74) is 0.424. The number of nitrogens with one attached hydrogen (secondary N) is 1. The number of nitrogens with zero attached hydrogens (tertiary/aromatic N) is 4. The van der Waals surface area contributed by atoms with E-state index in [9.17, 15) is 14.0 Å². The molecule has 8 heteroatoms. The molecule has 0 saturated heterocycles. The lowest BCUT2D eigenvalue weighted by atomic mass is 10.3. The Morgan fingerprint density at radius 1 is 1.41 bits per heavy atom. The monoisotopic (exact) mass is 301 g/mol. The molecule has 3 aromatic rings. The molecule has 0 bridgehead atoms. The second kappa shape index (κ2) is 5.40. The van der Waals surface area contributed by atoms with E-state index in [0.29, 0.717) is 16.7 Å². The Kier molecular flexibility index (Phi) is 3.42. The highest BCUT2D eigenvalue weighted by molar-refractivity contribution is 5.90. The van der Waals surface area contributed by atoms with Gasteiger partial charge >= 0.3 is 0 Å². The third kappa shape index (κ3) is 2.58. The van der Waals surface area contributed by atoms with Gasteiger partial charge in [-0.1, -0.05) is 6.07 Å². The number of aryl methyl sites for hydroxylation is 1. The van der Waals surface area contributed by atoms with E-state index in [1.807, 2.05) is 0 Å².